The molecule has 2 N–H and O–H groups in total. The largest absolute Gasteiger partial charge is 0.488 e. The molecule has 0 bridgehead atoms. The number of nitrogens with one attached hydrogen (secondary N) is 2. The van der Waals surface area contributed by atoms with E-state index in [1.54, 1.807) is 18.2 Å². The van der Waals surface area contributed by atoms with Gasteiger partial charge in [-0.15, -0.1) is 0 Å². The summed E-state index contributed by atoms with van der Waals surface area (Å²) in [4.78, 5) is 24.0. The lowest BCUT2D eigenvalue weighted by Crippen LogP contribution is -2.32. The number of hydrazone groups is 1. The van der Waals surface area contributed by atoms with E-state index in [9.17, 15) is 9.59 Å². The molecule has 0 saturated heterocycles. The van der Waals surface area contributed by atoms with E-state index in [1.807, 2.05) is 61.5 Å². The van der Waals surface area contributed by atoms with Gasteiger partial charge in [0.25, 0.3) is 0 Å². The number of aryl methyl sites for hydroxylation is 1. The number of hydrogen-bond donors (Lipinski definition) is 2. The molecule has 0 aliphatic heterocycles. The molecule has 0 saturated carbocycles. The third kappa shape index (κ3) is 6.28. The van der Waals surface area contributed by atoms with Crippen LogP contribution < -0.4 is 15.5 Å². The summed E-state index contributed by atoms with van der Waals surface area (Å²) in [6.07, 6.45) is 1.43. The van der Waals surface area contributed by atoms with Crippen molar-refractivity contribution in [1.82, 2.24) is 5.43 Å². The zero-order valence-electron chi connectivity index (χ0n) is 16.3. The van der Waals surface area contributed by atoms with Crippen molar-refractivity contribution in [2.45, 2.75) is 13.5 Å². The van der Waals surface area contributed by atoms with E-state index in [4.69, 9.17) is 4.74 Å². The fraction of sp³-hybridized carbons (Fsp3) is 0.0870. The van der Waals surface area contributed by atoms with Crippen molar-refractivity contribution in [3.05, 3.63) is 94.0 Å². The van der Waals surface area contributed by atoms with Crippen molar-refractivity contribution in [2.24, 2.45) is 5.10 Å². The van der Waals surface area contributed by atoms with E-state index in [0.717, 1.165) is 15.6 Å². The third-order valence-corrected chi connectivity index (χ3v) is 4.59. The van der Waals surface area contributed by atoms with Crippen LogP contribution in [0.15, 0.2) is 82.4 Å². The van der Waals surface area contributed by atoms with Crippen LogP contribution in [0.2, 0.25) is 0 Å². The lowest BCUT2D eigenvalue weighted by Gasteiger charge is -2.09. The molecule has 0 fully saturated rings. The van der Waals surface area contributed by atoms with Crippen LogP contribution >= 0.6 is 15.9 Å². The quantitative estimate of drug-likeness (QED) is 0.321. The molecule has 2 amide bonds. The summed E-state index contributed by atoms with van der Waals surface area (Å²) in [5.74, 6) is -1.07. The van der Waals surface area contributed by atoms with Crippen LogP contribution in [-0.4, -0.2) is 18.0 Å². The molecule has 7 heteroatoms. The molecular formula is C23H20BrN3O3. The first-order chi connectivity index (χ1) is 14.5. The fourth-order valence-electron chi connectivity index (χ4n) is 2.52. The van der Waals surface area contributed by atoms with Crippen LogP contribution in [-0.2, 0) is 16.2 Å². The first kappa shape index (κ1) is 21.3. The lowest BCUT2D eigenvalue weighted by molar-refractivity contribution is -0.136. The van der Waals surface area contributed by atoms with Crippen molar-refractivity contribution in [3.63, 3.8) is 0 Å². The molecule has 30 heavy (non-hydrogen) atoms. The first-order valence-corrected chi connectivity index (χ1v) is 9.98. The van der Waals surface area contributed by atoms with Gasteiger partial charge in [0.2, 0.25) is 0 Å². The van der Waals surface area contributed by atoms with Gasteiger partial charge in [0.1, 0.15) is 12.4 Å². The number of ether oxygens (including phenoxy) is 1. The molecule has 0 atom stereocenters. The Bertz CT molecular complexity index is 1050. The van der Waals surface area contributed by atoms with Gasteiger partial charge in [-0.1, -0.05) is 64.0 Å². The number of amides is 2. The highest BCUT2D eigenvalue weighted by molar-refractivity contribution is 9.10. The molecule has 3 aromatic carbocycles. The van der Waals surface area contributed by atoms with Crippen LogP contribution in [0.5, 0.6) is 5.75 Å². The lowest BCUT2D eigenvalue weighted by atomic mass is 10.2. The van der Waals surface area contributed by atoms with E-state index in [0.29, 0.717) is 23.6 Å². The van der Waals surface area contributed by atoms with Crippen molar-refractivity contribution in [1.29, 1.82) is 0 Å². The molecule has 0 aliphatic rings. The minimum atomic E-state index is -0.867. The van der Waals surface area contributed by atoms with Crippen LogP contribution in [0.4, 0.5) is 5.69 Å². The van der Waals surface area contributed by atoms with E-state index in [2.05, 4.69) is 31.8 Å². The predicted molar refractivity (Wildman–Crippen MR) is 120 cm³/mol. The molecule has 0 unspecified atom stereocenters. The molecule has 0 aliphatic carbocycles. The average molecular weight is 466 g/mol. The number of anilines is 1. The maximum Gasteiger partial charge on any atom is 0.329 e. The molecule has 6 nitrogen and oxygen atoms in total. The van der Waals surface area contributed by atoms with E-state index in [-0.39, 0.29) is 0 Å². The molecule has 0 heterocycles. The number of benzene rings is 3. The van der Waals surface area contributed by atoms with Crippen molar-refractivity contribution >= 4 is 39.6 Å². The Hall–Kier alpha value is -3.45. The second kappa shape index (κ2) is 10.4. The Kier molecular flexibility index (Phi) is 7.34. The number of carbonyl (C=O) groups is 2. The average Bonchev–Trinajstić information content (AvgIpc) is 2.75. The molecule has 0 spiro atoms. The fourth-order valence-corrected chi connectivity index (χ4v) is 2.90. The van der Waals surface area contributed by atoms with Gasteiger partial charge in [-0.25, -0.2) is 5.43 Å². The molecule has 0 radical (unpaired) electrons. The number of halogens is 1. The van der Waals surface area contributed by atoms with Crippen molar-refractivity contribution < 1.29 is 14.3 Å². The van der Waals surface area contributed by atoms with Crippen molar-refractivity contribution in [3.8, 4) is 5.75 Å². The summed E-state index contributed by atoms with van der Waals surface area (Å²) in [5, 5.41) is 6.41. The van der Waals surface area contributed by atoms with Gasteiger partial charge >= 0.3 is 11.8 Å². The first-order valence-electron chi connectivity index (χ1n) is 9.18. The molecule has 152 valence electrons. The molecular weight excluding hydrogens is 446 g/mol. The van der Waals surface area contributed by atoms with Crippen molar-refractivity contribution in [2.75, 3.05) is 5.32 Å². The van der Waals surface area contributed by atoms with E-state index < -0.39 is 11.8 Å². The second-order valence-electron chi connectivity index (χ2n) is 6.48. The predicted octanol–water partition coefficient (Wildman–Crippen LogP) is 4.43. The monoisotopic (exact) mass is 465 g/mol. The zero-order chi connectivity index (χ0) is 21.3. The third-order valence-electron chi connectivity index (χ3n) is 4.09. The van der Waals surface area contributed by atoms with Gasteiger partial charge < -0.3 is 10.1 Å². The van der Waals surface area contributed by atoms with Gasteiger partial charge in [-0.2, -0.15) is 5.10 Å². The highest BCUT2D eigenvalue weighted by atomic mass is 79.9. The Labute approximate surface area is 183 Å². The van der Waals surface area contributed by atoms with E-state index >= 15 is 0 Å². The van der Waals surface area contributed by atoms with Crippen LogP contribution in [0.3, 0.4) is 0 Å². The summed E-state index contributed by atoms with van der Waals surface area (Å²) in [5.41, 5.74) is 5.51. The Balaban J connectivity index is 1.60. The minimum absolute atomic E-state index is 0.397. The van der Waals surface area contributed by atoms with Crippen LogP contribution in [0.1, 0.15) is 16.7 Å². The summed E-state index contributed by atoms with van der Waals surface area (Å²) in [7, 11) is 0. The Morgan fingerprint density at radius 1 is 1.00 bits per heavy atom. The SMILES string of the molecule is Cc1ccc(NC(=O)C(=O)N/N=C/c2cc(Br)ccc2OCc2ccccc2)cc1. The van der Waals surface area contributed by atoms with Crippen LogP contribution in [0.25, 0.3) is 0 Å². The summed E-state index contributed by atoms with van der Waals surface area (Å²) < 4.78 is 6.70. The van der Waals surface area contributed by atoms with Gasteiger partial charge in [0.15, 0.2) is 0 Å². The van der Waals surface area contributed by atoms with Gasteiger partial charge in [0, 0.05) is 15.7 Å². The summed E-state index contributed by atoms with van der Waals surface area (Å²) in [6, 6.07) is 22.4. The second-order valence-corrected chi connectivity index (χ2v) is 7.39. The maximum absolute atomic E-state index is 12.0. The number of nitrogens with zero attached hydrogens (tertiary/aromatic N) is 1. The smallest absolute Gasteiger partial charge is 0.329 e. The molecule has 0 aromatic heterocycles. The molecule has 3 rings (SSSR count). The number of carbonyl (C=O) groups excluding carboxylic acids is 2. The summed E-state index contributed by atoms with van der Waals surface area (Å²) >= 11 is 3.41. The highest BCUT2D eigenvalue weighted by Gasteiger charge is 2.13. The molecule has 3 aromatic rings. The van der Waals surface area contributed by atoms with E-state index in [1.165, 1.54) is 6.21 Å². The van der Waals surface area contributed by atoms with Gasteiger partial charge in [-0.3, -0.25) is 9.59 Å². The standard InChI is InChI=1S/C23H20BrN3O3/c1-16-7-10-20(11-8-16)26-22(28)23(29)27-25-14-18-13-19(24)9-12-21(18)30-15-17-5-3-2-4-6-17/h2-14H,15H2,1H3,(H,26,28)(H,27,29)/b25-14+. The van der Waals surface area contributed by atoms with Gasteiger partial charge in [0.05, 0.1) is 6.21 Å². The summed E-state index contributed by atoms with van der Waals surface area (Å²) in [6.45, 7) is 2.33. The Morgan fingerprint density at radius 3 is 2.47 bits per heavy atom. The van der Waals surface area contributed by atoms with Gasteiger partial charge in [-0.05, 0) is 42.8 Å². The highest BCUT2D eigenvalue weighted by Crippen LogP contribution is 2.22. The number of rotatable bonds is 6. The normalized spacial score (nSPS) is 10.6. The Morgan fingerprint density at radius 2 is 1.73 bits per heavy atom. The maximum atomic E-state index is 12.0. The van der Waals surface area contributed by atoms with Crippen LogP contribution in [0, 0.1) is 6.92 Å². The topological polar surface area (TPSA) is 79.8 Å². The minimum Gasteiger partial charge on any atom is -0.488 e. The number of hydrogen-bond acceptors (Lipinski definition) is 4. The zero-order valence-corrected chi connectivity index (χ0v) is 17.8.